The Morgan fingerprint density at radius 1 is 1.05 bits per heavy atom. The molecule has 0 spiro atoms. The van der Waals surface area contributed by atoms with Crippen LogP contribution in [0.4, 0.5) is 5.69 Å². The molecule has 0 aliphatic heterocycles. The van der Waals surface area contributed by atoms with Crippen LogP contribution in [-0.2, 0) is 0 Å². The molecular weight excluding hydrogens is 260 g/mol. The van der Waals surface area contributed by atoms with Crippen molar-refractivity contribution in [1.82, 2.24) is 15.2 Å². The van der Waals surface area contributed by atoms with Crippen molar-refractivity contribution in [3.63, 3.8) is 0 Å². The highest BCUT2D eigenvalue weighted by Gasteiger charge is 2.14. The minimum Gasteiger partial charge on any atom is -0.382 e. The first-order chi connectivity index (χ1) is 10.3. The molecule has 1 aromatic carbocycles. The van der Waals surface area contributed by atoms with Crippen LogP contribution in [0.5, 0.6) is 0 Å². The fourth-order valence-electron chi connectivity index (χ4n) is 3.09. The van der Waals surface area contributed by atoms with Gasteiger partial charge < -0.3 is 5.32 Å². The number of aromatic amines is 1. The Morgan fingerprint density at radius 2 is 1.76 bits per heavy atom. The van der Waals surface area contributed by atoms with E-state index in [1.807, 2.05) is 13.0 Å². The van der Waals surface area contributed by atoms with Gasteiger partial charge in [0.2, 0.25) is 0 Å². The van der Waals surface area contributed by atoms with Gasteiger partial charge in [-0.2, -0.15) is 5.10 Å². The molecule has 0 saturated heterocycles. The first kappa shape index (κ1) is 14.1. The van der Waals surface area contributed by atoms with Crippen molar-refractivity contribution in [2.45, 2.75) is 57.9 Å². The number of anilines is 1. The van der Waals surface area contributed by atoms with Crippen LogP contribution in [-0.4, -0.2) is 21.2 Å². The van der Waals surface area contributed by atoms with Crippen molar-refractivity contribution in [3.8, 4) is 11.4 Å². The highest BCUT2D eigenvalue weighted by Crippen LogP contribution is 2.28. The highest BCUT2D eigenvalue weighted by molar-refractivity contribution is 5.73. The van der Waals surface area contributed by atoms with E-state index >= 15 is 0 Å². The molecule has 112 valence electrons. The number of H-pyrrole nitrogens is 1. The molecule has 0 amide bonds. The van der Waals surface area contributed by atoms with Crippen LogP contribution in [0.25, 0.3) is 11.4 Å². The van der Waals surface area contributed by atoms with Crippen molar-refractivity contribution in [3.05, 3.63) is 30.1 Å². The Kier molecular flexibility index (Phi) is 4.53. The molecule has 2 N–H and O–H groups in total. The van der Waals surface area contributed by atoms with Gasteiger partial charge in [0.15, 0.2) is 5.82 Å². The summed E-state index contributed by atoms with van der Waals surface area (Å²) >= 11 is 0. The largest absolute Gasteiger partial charge is 0.382 e. The van der Waals surface area contributed by atoms with Gasteiger partial charge >= 0.3 is 0 Å². The molecule has 0 radical (unpaired) electrons. The van der Waals surface area contributed by atoms with Crippen LogP contribution in [0.1, 0.15) is 50.8 Å². The monoisotopic (exact) mass is 284 g/mol. The van der Waals surface area contributed by atoms with Crippen molar-refractivity contribution in [2.75, 3.05) is 5.32 Å². The van der Waals surface area contributed by atoms with E-state index in [-0.39, 0.29) is 0 Å². The maximum atomic E-state index is 4.46. The van der Waals surface area contributed by atoms with E-state index in [9.17, 15) is 0 Å². The third kappa shape index (κ3) is 3.63. The zero-order valence-electron chi connectivity index (χ0n) is 12.7. The number of nitrogens with zero attached hydrogens (tertiary/aromatic N) is 2. The molecule has 1 aliphatic carbocycles. The van der Waals surface area contributed by atoms with Gasteiger partial charge in [-0.25, -0.2) is 4.98 Å². The number of hydrogen-bond donors (Lipinski definition) is 2. The summed E-state index contributed by atoms with van der Waals surface area (Å²) in [6, 6.07) is 8.93. The van der Waals surface area contributed by atoms with Crippen LogP contribution < -0.4 is 5.32 Å². The van der Waals surface area contributed by atoms with Crippen molar-refractivity contribution in [2.24, 2.45) is 0 Å². The Labute approximate surface area is 126 Å². The van der Waals surface area contributed by atoms with E-state index in [2.05, 4.69) is 38.7 Å². The molecule has 4 nitrogen and oxygen atoms in total. The van der Waals surface area contributed by atoms with Crippen molar-refractivity contribution >= 4 is 5.69 Å². The maximum absolute atomic E-state index is 4.46. The number of rotatable bonds is 3. The van der Waals surface area contributed by atoms with Gasteiger partial charge in [-0.05, 0) is 31.9 Å². The summed E-state index contributed by atoms with van der Waals surface area (Å²) in [5, 5.41) is 11.0. The van der Waals surface area contributed by atoms with E-state index in [1.165, 1.54) is 44.9 Å². The maximum Gasteiger partial charge on any atom is 0.183 e. The molecule has 0 bridgehead atoms. The van der Waals surface area contributed by atoms with Gasteiger partial charge in [0.1, 0.15) is 5.82 Å². The lowest BCUT2D eigenvalue weighted by atomic mass is 9.96. The lowest BCUT2D eigenvalue weighted by Crippen LogP contribution is -2.21. The summed E-state index contributed by atoms with van der Waals surface area (Å²) in [6.45, 7) is 1.93. The van der Waals surface area contributed by atoms with Gasteiger partial charge in [0.25, 0.3) is 0 Å². The highest BCUT2D eigenvalue weighted by atomic mass is 15.2. The summed E-state index contributed by atoms with van der Waals surface area (Å²) in [6.07, 6.45) is 9.35. The standard InChI is InChI=1S/C17H24N4/c1-13-18-17(21-20-13)15-11-7-8-12-16(15)19-14-9-5-3-2-4-6-10-14/h7-8,11-12,14,19H,2-6,9-10H2,1H3,(H,18,20,21). The number of aryl methyl sites for hydroxylation is 1. The average Bonchev–Trinajstić information content (AvgIpc) is 2.89. The zero-order valence-corrected chi connectivity index (χ0v) is 12.7. The number of aromatic nitrogens is 3. The molecule has 21 heavy (non-hydrogen) atoms. The predicted molar refractivity (Wildman–Crippen MR) is 86.3 cm³/mol. The summed E-state index contributed by atoms with van der Waals surface area (Å²) in [5.74, 6) is 1.63. The second kappa shape index (κ2) is 6.74. The summed E-state index contributed by atoms with van der Waals surface area (Å²) in [7, 11) is 0. The second-order valence-electron chi connectivity index (χ2n) is 5.98. The van der Waals surface area contributed by atoms with E-state index < -0.39 is 0 Å². The number of hydrogen-bond acceptors (Lipinski definition) is 3. The third-order valence-electron chi connectivity index (χ3n) is 4.23. The second-order valence-corrected chi connectivity index (χ2v) is 5.98. The molecule has 2 aromatic rings. The molecule has 1 aliphatic rings. The lowest BCUT2D eigenvalue weighted by molar-refractivity contribution is 0.471. The summed E-state index contributed by atoms with van der Waals surface area (Å²) in [5.41, 5.74) is 2.24. The molecule has 0 atom stereocenters. The fourth-order valence-corrected chi connectivity index (χ4v) is 3.09. The van der Waals surface area contributed by atoms with Crippen LogP contribution in [0.3, 0.4) is 0 Å². The molecule has 1 aromatic heterocycles. The Balaban J connectivity index is 1.78. The van der Waals surface area contributed by atoms with Gasteiger partial charge in [-0.1, -0.05) is 44.2 Å². The van der Waals surface area contributed by atoms with E-state index in [1.54, 1.807) is 0 Å². The van der Waals surface area contributed by atoms with Gasteiger partial charge in [0.05, 0.1) is 0 Å². The van der Waals surface area contributed by atoms with E-state index in [4.69, 9.17) is 0 Å². The Morgan fingerprint density at radius 3 is 2.48 bits per heavy atom. The van der Waals surface area contributed by atoms with Crippen LogP contribution in [0.2, 0.25) is 0 Å². The third-order valence-corrected chi connectivity index (χ3v) is 4.23. The Hall–Kier alpha value is -1.84. The SMILES string of the molecule is Cc1nc(-c2ccccc2NC2CCCCCCC2)n[nH]1. The van der Waals surface area contributed by atoms with Crippen molar-refractivity contribution in [1.29, 1.82) is 0 Å². The first-order valence-electron chi connectivity index (χ1n) is 8.08. The van der Waals surface area contributed by atoms with Gasteiger partial charge in [0, 0.05) is 17.3 Å². The molecule has 1 heterocycles. The molecule has 1 saturated carbocycles. The normalized spacial score (nSPS) is 17.2. The Bertz CT molecular complexity index is 568. The lowest BCUT2D eigenvalue weighted by Gasteiger charge is -2.23. The summed E-state index contributed by atoms with van der Waals surface area (Å²) < 4.78 is 0. The quantitative estimate of drug-likeness (QED) is 0.883. The van der Waals surface area contributed by atoms with E-state index in [0.29, 0.717) is 6.04 Å². The minimum atomic E-state index is 0.575. The van der Waals surface area contributed by atoms with Crippen LogP contribution >= 0.6 is 0 Å². The predicted octanol–water partition coefficient (Wildman–Crippen LogP) is 4.30. The topological polar surface area (TPSA) is 53.6 Å². The smallest absolute Gasteiger partial charge is 0.183 e. The molecule has 4 heteroatoms. The average molecular weight is 284 g/mol. The summed E-state index contributed by atoms with van der Waals surface area (Å²) in [4.78, 5) is 4.46. The molecular formula is C17H24N4. The molecule has 3 rings (SSSR count). The first-order valence-corrected chi connectivity index (χ1v) is 8.08. The number of nitrogens with one attached hydrogen (secondary N) is 2. The van der Waals surface area contributed by atoms with E-state index in [0.717, 1.165) is 22.9 Å². The minimum absolute atomic E-state index is 0.575. The zero-order chi connectivity index (χ0) is 14.5. The number of benzene rings is 1. The van der Waals surface area contributed by atoms with Crippen LogP contribution in [0.15, 0.2) is 24.3 Å². The molecule has 1 fully saturated rings. The van der Waals surface area contributed by atoms with Crippen LogP contribution in [0, 0.1) is 6.92 Å². The molecule has 0 unspecified atom stereocenters. The van der Waals surface area contributed by atoms with Crippen molar-refractivity contribution < 1.29 is 0 Å². The van der Waals surface area contributed by atoms with Gasteiger partial charge in [-0.15, -0.1) is 0 Å². The number of para-hydroxylation sites is 1. The fraction of sp³-hybridized carbons (Fsp3) is 0.529. The van der Waals surface area contributed by atoms with Gasteiger partial charge in [-0.3, -0.25) is 5.10 Å².